The van der Waals surface area contributed by atoms with Crippen LogP contribution < -0.4 is 10.6 Å². The first-order valence-corrected chi connectivity index (χ1v) is 26.7. The van der Waals surface area contributed by atoms with Gasteiger partial charge in [0, 0.05) is 23.8 Å². The van der Waals surface area contributed by atoms with E-state index in [1.54, 1.807) is 12.2 Å². The van der Waals surface area contributed by atoms with Crippen molar-refractivity contribution in [3.8, 4) is 0 Å². The van der Waals surface area contributed by atoms with Crippen LogP contribution in [0.4, 0.5) is 0 Å². The predicted octanol–water partition coefficient (Wildman–Crippen LogP) is 10.4. The minimum absolute atomic E-state index is 0.00836. The molecule has 0 radical (unpaired) electrons. The number of hydrogen-bond donors (Lipinski definition) is 3. The SMILES string of the molecule is CC/C=C\C/C=C\C/C=C\C/C=C\C/C=C\C/C=C\CCC(=O)OC[C@H](COP(=O)([O-])OCC[N+](C)(C)C)OC(=O)[C@@H](N)CS[C@H](/C=C/C=C/C=C\C/C=C\CCCCC)[C@@H](O)CCCC(=O)O. The van der Waals surface area contributed by atoms with E-state index in [9.17, 15) is 28.9 Å². The van der Waals surface area contributed by atoms with E-state index in [-0.39, 0.29) is 38.0 Å². The molecule has 0 aromatic carbocycles. The van der Waals surface area contributed by atoms with Crippen LogP contribution in [0.3, 0.4) is 0 Å². The number of carboxylic acids is 1. The molecule has 0 bridgehead atoms. The van der Waals surface area contributed by atoms with Crippen LogP contribution in [0.2, 0.25) is 0 Å². The van der Waals surface area contributed by atoms with Gasteiger partial charge in [-0.05, 0) is 77.0 Å². The number of unbranched alkanes of at least 4 members (excludes halogenated alkanes) is 3. The summed E-state index contributed by atoms with van der Waals surface area (Å²) >= 11 is 1.18. The normalized spacial score (nSPS) is 15.8. The van der Waals surface area contributed by atoms with Crippen LogP contribution in [0, 0.1) is 0 Å². The highest BCUT2D eigenvalue weighted by Crippen LogP contribution is 2.38. The molecule has 5 atom stereocenters. The standard InChI is InChI=1S/C53H85N2O11PS/c1-6-8-10-12-14-16-18-20-21-22-23-24-25-26-28-30-32-34-36-41-52(59)63-44-47(45-65-67(61,62)64-43-42-55(3,4)5)66-53(60)48(54)46-68-50(49(56)38-37-40-51(57)58)39-35-33-31-29-27-19-17-15-13-11-9-7-2/h8,10,14-17,20-21,23-24,26-29,31-35,39,47-50,56H,6-7,9,11-13,18-19,22,25,30,36-38,40-46,54H2,1-5H3,(H-,57,58,61,62)/b10-8-,16-14-,17-15-,21-20-,24-23-,28-26-,29-27-,33-31+,34-32-,39-35+/t47-,48+,49+,50-/m1/s1. The maximum absolute atomic E-state index is 13.2. The number of nitrogens with zero attached hydrogens (tertiary/aromatic N) is 1. The van der Waals surface area contributed by atoms with E-state index in [1.807, 2.05) is 63.7 Å². The number of hydrogen-bond acceptors (Lipinski definition) is 12. The van der Waals surface area contributed by atoms with Crippen molar-refractivity contribution in [1.29, 1.82) is 0 Å². The molecule has 4 N–H and O–H groups in total. The van der Waals surface area contributed by atoms with Gasteiger partial charge in [0.25, 0.3) is 7.82 Å². The van der Waals surface area contributed by atoms with Gasteiger partial charge in [0.05, 0.1) is 33.9 Å². The van der Waals surface area contributed by atoms with Crippen molar-refractivity contribution in [2.45, 2.75) is 140 Å². The van der Waals surface area contributed by atoms with Gasteiger partial charge >= 0.3 is 17.9 Å². The number of aliphatic hydroxyl groups is 1. The quantitative estimate of drug-likeness (QED) is 0.0131. The van der Waals surface area contributed by atoms with Crippen LogP contribution in [0.25, 0.3) is 0 Å². The van der Waals surface area contributed by atoms with Crippen molar-refractivity contribution in [1.82, 2.24) is 0 Å². The molecule has 0 saturated heterocycles. The van der Waals surface area contributed by atoms with Crippen molar-refractivity contribution < 1.29 is 57.1 Å². The lowest BCUT2D eigenvalue weighted by Crippen LogP contribution is -2.40. The van der Waals surface area contributed by atoms with Gasteiger partial charge in [0.2, 0.25) is 0 Å². The number of carbonyl (C=O) groups excluding carboxylic acids is 2. The molecule has 0 aliphatic carbocycles. The molecule has 0 aromatic rings. The first-order chi connectivity index (χ1) is 32.6. The van der Waals surface area contributed by atoms with Gasteiger partial charge in [0.15, 0.2) is 6.10 Å². The number of aliphatic hydroxyl groups excluding tert-OH is 1. The van der Waals surface area contributed by atoms with Crippen LogP contribution in [-0.4, -0.2) is 109 Å². The first kappa shape index (κ1) is 64.2. The largest absolute Gasteiger partial charge is 0.756 e. The summed E-state index contributed by atoms with van der Waals surface area (Å²) in [6.07, 6.45) is 50.1. The minimum Gasteiger partial charge on any atom is -0.756 e. The zero-order valence-corrected chi connectivity index (χ0v) is 43.4. The molecule has 1 unspecified atom stereocenters. The van der Waals surface area contributed by atoms with Crippen molar-refractivity contribution in [3.05, 3.63) is 122 Å². The first-order valence-electron chi connectivity index (χ1n) is 24.2. The highest BCUT2D eigenvalue weighted by atomic mass is 32.2. The van der Waals surface area contributed by atoms with E-state index < -0.39 is 62.4 Å². The van der Waals surface area contributed by atoms with Crippen LogP contribution >= 0.6 is 19.6 Å². The molecule has 13 nitrogen and oxygen atoms in total. The second-order valence-corrected chi connectivity index (χ2v) is 19.6. The lowest BCUT2D eigenvalue weighted by atomic mass is 10.1. The zero-order chi connectivity index (χ0) is 50.6. The molecule has 15 heteroatoms. The second kappa shape index (κ2) is 43.2. The molecule has 0 saturated carbocycles. The Morgan fingerprint density at radius 1 is 0.706 bits per heavy atom. The number of ether oxygens (including phenoxy) is 2. The Labute approximate surface area is 413 Å². The Morgan fingerprint density at radius 3 is 1.84 bits per heavy atom. The number of esters is 2. The van der Waals surface area contributed by atoms with E-state index in [2.05, 4.69) is 80.7 Å². The van der Waals surface area contributed by atoms with Gasteiger partial charge in [-0.3, -0.25) is 18.9 Å². The number of allylic oxidation sites excluding steroid dienone is 19. The molecular weight excluding hydrogens is 904 g/mol. The summed E-state index contributed by atoms with van der Waals surface area (Å²) in [7, 11) is 0.805. The monoisotopic (exact) mass is 989 g/mol. The molecule has 0 aliphatic rings. The number of phosphoric ester groups is 1. The summed E-state index contributed by atoms with van der Waals surface area (Å²) in [6, 6.07) is -1.22. The number of phosphoric acid groups is 1. The van der Waals surface area contributed by atoms with Gasteiger partial charge in [-0.15, -0.1) is 11.8 Å². The fourth-order valence-electron chi connectivity index (χ4n) is 5.57. The number of thioether (sulfide) groups is 1. The van der Waals surface area contributed by atoms with Gasteiger partial charge in [0.1, 0.15) is 25.8 Å². The second-order valence-electron chi connectivity index (χ2n) is 16.9. The van der Waals surface area contributed by atoms with E-state index >= 15 is 0 Å². The highest BCUT2D eigenvalue weighted by molar-refractivity contribution is 8.00. The van der Waals surface area contributed by atoms with Crippen LogP contribution in [-0.2, 0) is 37.5 Å². The molecule has 0 spiro atoms. The summed E-state index contributed by atoms with van der Waals surface area (Å²) in [5, 5.41) is 19.5. The van der Waals surface area contributed by atoms with Crippen LogP contribution in [0.1, 0.15) is 117 Å². The molecule has 0 aromatic heterocycles. The maximum Gasteiger partial charge on any atom is 0.324 e. The third kappa shape index (κ3) is 43.4. The number of nitrogens with two attached hydrogens (primary N) is 1. The van der Waals surface area contributed by atoms with E-state index in [0.29, 0.717) is 23.9 Å². The summed E-state index contributed by atoms with van der Waals surface area (Å²) in [5.41, 5.74) is 6.23. The Hall–Kier alpha value is -3.85. The number of aliphatic carboxylic acids is 1. The van der Waals surface area contributed by atoms with E-state index in [0.717, 1.165) is 44.9 Å². The van der Waals surface area contributed by atoms with Crippen LogP contribution in [0.15, 0.2) is 122 Å². The summed E-state index contributed by atoms with van der Waals surface area (Å²) in [5.74, 6) is -2.46. The van der Waals surface area contributed by atoms with Gasteiger partial charge in [-0.25, -0.2) is 0 Å². The van der Waals surface area contributed by atoms with E-state index in [4.69, 9.17) is 29.4 Å². The highest BCUT2D eigenvalue weighted by Gasteiger charge is 2.26. The smallest absolute Gasteiger partial charge is 0.324 e. The molecular formula is C53H85N2O11PS. The molecule has 0 amide bonds. The third-order valence-electron chi connectivity index (χ3n) is 9.48. The van der Waals surface area contributed by atoms with Crippen molar-refractivity contribution in [3.63, 3.8) is 0 Å². The third-order valence-corrected chi connectivity index (χ3v) is 11.9. The van der Waals surface area contributed by atoms with Crippen molar-refractivity contribution >= 4 is 37.5 Å². The lowest BCUT2D eigenvalue weighted by molar-refractivity contribution is -0.870. The number of likely N-dealkylation sites (N-methyl/N-ethyl adjacent to an activating group) is 1. The molecule has 68 heavy (non-hydrogen) atoms. The molecule has 384 valence electrons. The topological polar surface area (TPSA) is 195 Å². The average Bonchev–Trinajstić information content (AvgIpc) is 3.28. The van der Waals surface area contributed by atoms with Crippen molar-refractivity contribution in [2.24, 2.45) is 5.73 Å². The Morgan fingerprint density at radius 2 is 1.26 bits per heavy atom. The van der Waals surface area contributed by atoms with Gasteiger partial charge < -0.3 is 43.8 Å². The molecule has 0 aliphatic heterocycles. The number of quaternary nitrogens is 1. The van der Waals surface area contributed by atoms with Crippen molar-refractivity contribution in [2.75, 3.05) is 53.3 Å². The van der Waals surface area contributed by atoms with Gasteiger partial charge in [-0.1, -0.05) is 148 Å². The fourth-order valence-corrected chi connectivity index (χ4v) is 7.43. The number of rotatable bonds is 42. The van der Waals surface area contributed by atoms with Gasteiger partial charge in [-0.2, -0.15) is 0 Å². The molecule has 0 heterocycles. The summed E-state index contributed by atoms with van der Waals surface area (Å²) < 4.78 is 33.9. The predicted molar refractivity (Wildman–Crippen MR) is 278 cm³/mol. The number of carbonyl (C=O) groups is 3. The summed E-state index contributed by atoms with van der Waals surface area (Å²) in [6.45, 7) is 3.38. The number of carboxylic acid groups (broad SMARTS) is 1. The lowest BCUT2D eigenvalue weighted by Gasteiger charge is -2.28. The molecule has 0 fully saturated rings. The minimum atomic E-state index is -4.81. The van der Waals surface area contributed by atoms with E-state index in [1.165, 1.54) is 31.0 Å². The Bertz CT molecular complexity index is 1690. The molecule has 0 rings (SSSR count). The zero-order valence-electron chi connectivity index (χ0n) is 41.7. The maximum atomic E-state index is 13.2. The fraction of sp³-hybridized carbons (Fsp3) is 0.566. The average molecular weight is 989 g/mol. The Kier molecular flexibility index (Phi) is 40.7. The Balaban J connectivity index is 5.32. The van der Waals surface area contributed by atoms with Crippen LogP contribution in [0.5, 0.6) is 0 Å². The summed E-state index contributed by atoms with van der Waals surface area (Å²) in [4.78, 5) is 49.5.